The van der Waals surface area contributed by atoms with Crippen molar-refractivity contribution < 1.29 is 12.8 Å². The van der Waals surface area contributed by atoms with Crippen molar-refractivity contribution in [3.63, 3.8) is 0 Å². The summed E-state index contributed by atoms with van der Waals surface area (Å²) in [7, 11) is -1.49. The summed E-state index contributed by atoms with van der Waals surface area (Å²) in [6.07, 6.45) is 2.74. The monoisotopic (exact) mass is 280 g/mol. The third-order valence-electron chi connectivity index (χ3n) is 2.83. The summed E-state index contributed by atoms with van der Waals surface area (Å²) in [5.41, 5.74) is 6.88. The van der Waals surface area contributed by atoms with Crippen LogP contribution in [-0.4, -0.2) is 21.7 Å². The first-order chi connectivity index (χ1) is 8.89. The molecule has 0 spiro atoms. The Hall–Kier alpha value is -1.95. The maximum atomic E-state index is 11.6. The van der Waals surface area contributed by atoms with E-state index < -0.39 is 9.84 Å². The summed E-state index contributed by atoms with van der Waals surface area (Å²) in [4.78, 5) is 2.00. The van der Waals surface area contributed by atoms with Crippen molar-refractivity contribution in [3.05, 3.63) is 42.4 Å². The van der Waals surface area contributed by atoms with Gasteiger partial charge in [-0.2, -0.15) is 0 Å². The number of nitrogens with zero attached hydrogens (tertiary/aromatic N) is 1. The van der Waals surface area contributed by atoms with Crippen LogP contribution in [0.25, 0.3) is 0 Å². The highest BCUT2D eigenvalue weighted by Gasteiger charge is 2.16. The third-order valence-corrected chi connectivity index (χ3v) is 3.98. The van der Waals surface area contributed by atoms with Gasteiger partial charge in [-0.3, -0.25) is 0 Å². The number of para-hydroxylation sites is 1. The van der Waals surface area contributed by atoms with Crippen LogP contribution in [0.4, 0.5) is 11.4 Å². The summed E-state index contributed by atoms with van der Waals surface area (Å²) in [5, 5.41) is 0. The Labute approximate surface area is 112 Å². The Bertz CT molecular complexity index is 663. The highest BCUT2D eigenvalue weighted by atomic mass is 32.2. The fourth-order valence-electron chi connectivity index (χ4n) is 1.91. The van der Waals surface area contributed by atoms with E-state index in [1.807, 2.05) is 18.0 Å². The Morgan fingerprint density at radius 1 is 1.26 bits per heavy atom. The van der Waals surface area contributed by atoms with Crippen LogP contribution in [0.2, 0.25) is 0 Å². The lowest BCUT2D eigenvalue weighted by atomic mass is 10.2. The van der Waals surface area contributed by atoms with E-state index >= 15 is 0 Å². The SMILES string of the molecule is CN(Cc1ccco1)c1cccc(S(C)(=O)=O)c1N. The van der Waals surface area contributed by atoms with E-state index in [1.165, 1.54) is 6.07 Å². The van der Waals surface area contributed by atoms with Crippen molar-refractivity contribution in [2.24, 2.45) is 0 Å². The van der Waals surface area contributed by atoms with Crippen molar-refractivity contribution in [2.75, 3.05) is 23.9 Å². The minimum atomic E-state index is -3.33. The third kappa shape index (κ3) is 2.90. The van der Waals surface area contributed by atoms with Crippen LogP contribution >= 0.6 is 0 Å². The van der Waals surface area contributed by atoms with Crippen LogP contribution in [-0.2, 0) is 16.4 Å². The molecular formula is C13H16N2O3S. The predicted molar refractivity (Wildman–Crippen MR) is 74.8 cm³/mol. The molecule has 1 heterocycles. The zero-order valence-electron chi connectivity index (χ0n) is 10.8. The Balaban J connectivity index is 2.35. The zero-order chi connectivity index (χ0) is 14.0. The molecule has 0 aliphatic rings. The Morgan fingerprint density at radius 2 is 2.00 bits per heavy atom. The standard InChI is InChI=1S/C13H16N2O3S/c1-15(9-10-5-4-8-18-10)11-6-3-7-12(13(11)14)19(2,16)17/h3-8H,9,14H2,1-2H3. The van der Waals surface area contributed by atoms with E-state index in [1.54, 1.807) is 24.5 Å². The van der Waals surface area contributed by atoms with Crippen molar-refractivity contribution in [1.82, 2.24) is 0 Å². The molecule has 0 fully saturated rings. The molecule has 1 aromatic carbocycles. The van der Waals surface area contributed by atoms with Crippen molar-refractivity contribution in [1.29, 1.82) is 0 Å². The van der Waals surface area contributed by atoms with Gasteiger partial charge in [0, 0.05) is 13.3 Å². The van der Waals surface area contributed by atoms with Gasteiger partial charge in [0.15, 0.2) is 9.84 Å². The van der Waals surface area contributed by atoms with Crippen LogP contribution in [0, 0.1) is 0 Å². The molecule has 0 saturated carbocycles. The average molecular weight is 280 g/mol. The first-order valence-electron chi connectivity index (χ1n) is 5.71. The second-order valence-corrected chi connectivity index (χ2v) is 6.38. The molecule has 0 radical (unpaired) electrons. The van der Waals surface area contributed by atoms with Crippen molar-refractivity contribution >= 4 is 21.2 Å². The van der Waals surface area contributed by atoms with Crippen LogP contribution in [0.3, 0.4) is 0 Å². The topological polar surface area (TPSA) is 76.5 Å². The van der Waals surface area contributed by atoms with E-state index in [0.717, 1.165) is 12.0 Å². The minimum absolute atomic E-state index is 0.149. The summed E-state index contributed by atoms with van der Waals surface area (Å²) in [6, 6.07) is 8.63. The smallest absolute Gasteiger partial charge is 0.177 e. The molecule has 1 aromatic heterocycles. The van der Waals surface area contributed by atoms with E-state index in [2.05, 4.69) is 0 Å². The maximum absolute atomic E-state index is 11.6. The summed E-state index contributed by atoms with van der Waals surface area (Å²) >= 11 is 0. The van der Waals surface area contributed by atoms with E-state index in [0.29, 0.717) is 12.2 Å². The molecule has 0 unspecified atom stereocenters. The largest absolute Gasteiger partial charge is 0.467 e. The van der Waals surface area contributed by atoms with Gasteiger partial charge in [0.25, 0.3) is 0 Å². The molecule has 0 atom stereocenters. The molecule has 0 aliphatic heterocycles. The molecule has 0 amide bonds. The summed E-state index contributed by atoms with van der Waals surface area (Å²) in [6.45, 7) is 0.518. The van der Waals surface area contributed by atoms with Gasteiger partial charge >= 0.3 is 0 Å². The lowest BCUT2D eigenvalue weighted by molar-refractivity contribution is 0.507. The molecule has 0 bridgehead atoms. The maximum Gasteiger partial charge on any atom is 0.177 e. The molecule has 5 nitrogen and oxygen atoms in total. The first-order valence-corrected chi connectivity index (χ1v) is 7.61. The molecular weight excluding hydrogens is 264 g/mol. The van der Waals surface area contributed by atoms with Crippen LogP contribution < -0.4 is 10.6 Å². The molecule has 6 heteroatoms. The zero-order valence-corrected chi connectivity index (χ0v) is 11.6. The second kappa shape index (κ2) is 4.97. The van der Waals surface area contributed by atoms with Gasteiger partial charge in [0.05, 0.1) is 29.1 Å². The highest BCUT2D eigenvalue weighted by molar-refractivity contribution is 7.90. The summed E-state index contributed by atoms with van der Waals surface area (Å²) < 4.78 is 28.5. The second-order valence-electron chi connectivity index (χ2n) is 4.40. The Kier molecular flexibility index (Phi) is 3.53. The lowest BCUT2D eigenvalue weighted by Crippen LogP contribution is -2.18. The van der Waals surface area contributed by atoms with Crippen LogP contribution in [0.1, 0.15) is 5.76 Å². The van der Waals surface area contributed by atoms with Crippen LogP contribution in [0.5, 0.6) is 0 Å². The number of hydrogen-bond acceptors (Lipinski definition) is 5. The number of nitrogens with two attached hydrogens (primary N) is 1. The van der Waals surface area contributed by atoms with E-state index in [4.69, 9.17) is 10.2 Å². The van der Waals surface area contributed by atoms with Gasteiger partial charge in [-0.1, -0.05) is 6.07 Å². The van der Waals surface area contributed by atoms with E-state index in [-0.39, 0.29) is 10.6 Å². The highest BCUT2D eigenvalue weighted by Crippen LogP contribution is 2.29. The number of sulfone groups is 1. The molecule has 2 aromatic rings. The van der Waals surface area contributed by atoms with Gasteiger partial charge in [-0.25, -0.2) is 8.42 Å². The number of benzene rings is 1. The van der Waals surface area contributed by atoms with Gasteiger partial charge < -0.3 is 15.1 Å². The molecule has 102 valence electrons. The van der Waals surface area contributed by atoms with Crippen molar-refractivity contribution in [2.45, 2.75) is 11.4 Å². The minimum Gasteiger partial charge on any atom is -0.467 e. The van der Waals surface area contributed by atoms with Crippen molar-refractivity contribution in [3.8, 4) is 0 Å². The number of anilines is 2. The van der Waals surface area contributed by atoms with Crippen LogP contribution in [0.15, 0.2) is 45.9 Å². The van der Waals surface area contributed by atoms with Gasteiger partial charge in [0.2, 0.25) is 0 Å². The molecule has 0 aliphatic carbocycles. The predicted octanol–water partition coefficient (Wildman–Crippen LogP) is 1.90. The fraction of sp³-hybridized carbons (Fsp3) is 0.231. The first kappa shape index (κ1) is 13.5. The normalized spacial score (nSPS) is 11.5. The molecule has 0 saturated heterocycles. The number of rotatable bonds is 4. The number of nitrogen functional groups attached to an aromatic ring is 1. The van der Waals surface area contributed by atoms with Gasteiger partial charge in [-0.15, -0.1) is 0 Å². The quantitative estimate of drug-likeness (QED) is 0.866. The summed E-state index contributed by atoms with van der Waals surface area (Å²) in [5.74, 6) is 0.784. The van der Waals surface area contributed by atoms with E-state index in [9.17, 15) is 8.42 Å². The molecule has 2 rings (SSSR count). The van der Waals surface area contributed by atoms with Gasteiger partial charge in [0.1, 0.15) is 5.76 Å². The lowest BCUT2D eigenvalue weighted by Gasteiger charge is -2.21. The molecule has 19 heavy (non-hydrogen) atoms. The number of hydrogen-bond donors (Lipinski definition) is 1. The fourth-order valence-corrected chi connectivity index (χ4v) is 2.74. The average Bonchev–Trinajstić information content (AvgIpc) is 2.80. The number of furan rings is 1. The Morgan fingerprint density at radius 3 is 2.58 bits per heavy atom. The van der Waals surface area contributed by atoms with Gasteiger partial charge in [-0.05, 0) is 24.3 Å². The molecule has 2 N–H and O–H groups in total.